The number of hydrogen-bond acceptors (Lipinski definition) is 3. The van der Waals surface area contributed by atoms with Crippen molar-refractivity contribution in [2.45, 2.75) is 151 Å². The fraction of sp³-hybridized carbons (Fsp3) is 0.377. The Morgan fingerprint density at radius 2 is 1.00 bits per heavy atom. The summed E-state index contributed by atoms with van der Waals surface area (Å²) in [7, 11) is -1.52. The normalized spacial score (nSPS) is 13.8. The summed E-state index contributed by atoms with van der Waals surface area (Å²) in [5.74, 6) is 0. The minimum Gasteiger partial charge on any atom is -0.465 e. The van der Waals surface area contributed by atoms with Gasteiger partial charge in [-0.15, -0.1) is 0 Å². The predicted octanol–water partition coefficient (Wildman–Crippen LogP) is 15.2. The molecule has 0 saturated carbocycles. The van der Waals surface area contributed by atoms with Crippen LogP contribution >= 0.6 is 0 Å². The van der Waals surface area contributed by atoms with Crippen molar-refractivity contribution in [1.82, 2.24) is 0 Å². The van der Waals surface area contributed by atoms with Crippen LogP contribution in [0.25, 0.3) is 22.1 Å². The van der Waals surface area contributed by atoms with Gasteiger partial charge in [-0.25, -0.2) is 0 Å². The lowest BCUT2D eigenvalue weighted by atomic mass is 9.34. The first-order valence-corrected chi connectivity index (χ1v) is 27.8. The standard InChI is InChI=1S/C61H75BN2OSi/c1-57(2,3)41-21-25-46(26-22-41)63-52-31-40(39-19-27-48(28-20-39)66(16,17)18)32-54-56(52)62(51-38-65-55-30-24-42(36-49(51)55)58(4,5)6)50-37-43(59(7,8)9)23-29-53(50)64(54)47-34-44(60(10,11)12)33-45(35-47)61(13,14)15/h19-38,63H,1-18H3. The molecule has 8 rings (SSSR count). The van der Waals surface area contributed by atoms with Gasteiger partial charge in [0, 0.05) is 33.8 Å². The van der Waals surface area contributed by atoms with Crippen molar-refractivity contribution >= 4 is 75.8 Å². The summed E-state index contributed by atoms with van der Waals surface area (Å²) in [5.41, 5.74) is 19.1. The molecule has 0 unspecified atom stereocenters. The van der Waals surface area contributed by atoms with Crippen molar-refractivity contribution in [3.8, 4) is 11.1 Å². The van der Waals surface area contributed by atoms with Crippen LogP contribution in [0.5, 0.6) is 0 Å². The van der Waals surface area contributed by atoms with Crippen LogP contribution in [0.1, 0.15) is 132 Å². The fourth-order valence-electron chi connectivity index (χ4n) is 9.46. The maximum atomic E-state index is 6.62. The Balaban J connectivity index is 1.53. The topological polar surface area (TPSA) is 28.4 Å². The predicted molar refractivity (Wildman–Crippen MR) is 294 cm³/mol. The van der Waals surface area contributed by atoms with E-state index in [2.05, 4.69) is 255 Å². The molecule has 0 spiro atoms. The summed E-state index contributed by atoms with van der Waals surface area (Å²) in [6, 6.07) is 44.9. The highest BCUT2D eigenvalue weighted by atomic mass is 28.3. The summed E-state index contributed by atoms with van der Waals surface area (Å²) in [6.45, 7) is 41.9. The average Bonchev–Trinajstić information content (AvgIpc) is 3.64. The quantitative estimate of drug-likeness (QED) is 0.169. The number of benzene rings is 6. The highest BCUT2D eigenvalue weighted by Crippen LogP contribution is 2.44. The van der Waals surface area contributed by atoms with Crippen molar-refractivity contribution < 1.29 is 4.42 Å². The van der Waals surface area contributed by atoms with Crippen molar-refractivity contribution in [2.24, 2.45) is 0 Å². The van der Waals surface area contributed by atoms with E-state index in [0.29, 0.717) is 0 Å². The summed E-state index contributed by atoms with van der Waals surface area (Å²) < 4.78 is 6.62. The van der Waals surface area contributed by atoms with E-state index >= 15 is 0 Å². The zero-order valence-electron chi connectivity index (χ0n) is 43.5. The number of fused-ring (bicyclic) bond motifs is 3. The van der Waals surface area contributed by atoms with E-state index in [1.807, 2.05) is 0 Å². The van der Waals surface area contributed by atoms with Gasteiger partial charge >= 0.3 is 0 Å². The second kappa shape index (κ2) is 16.2. The summed E-state index contributed by atoms with van der Waals surface area (Å²) in [6.07, 6.45) is 2.05. The first-order chi connectivity index (χ1) is 30.5. The summed E-state index contributed by atoms with van der Waals surface area (Å²) in [5, 5.41) is 6.72. The van der Waals surface area contributed by atoms with E-state index in [-0.39, 0.29) is 33.8 Å². The number of rotatable bonds is 6. The van der Waals surface area contributed by atoms with Crippen LogP contribution in [-0.2, 0) is 27.1 Å². The molecule has 66 heavy (non-hydrogen) atoms. The van der Waals surface area contributed by atoms with Gasteiger partial charge in [0.2, 0.25) is 0 Å². The lowest BCUT2D eigenvalue weighted by Crippen LogP contribution is -2.58. The number of nitrogens with zero attached hydrogens (tertiary/aromatic N) is 1. The van der Waals surface area contributed by atoms with E-state index in [0.717, 1.165) is 22.3 Å². The van der Waals surface area contributed by atoms with Crippen LogP contribution in [-0.4, -0.2) is 14.8 Å². The van der Waals surface area contributed by atoms with Gasteiger partial charge in [0.15, 0.2) is 0 Å². The third-order valence-corrected chi connectivity index (χ3v) is 16.0. The number of hydrogen-bond donors (Lipinski definition) is 1. The van der Waals surface area contributed by atoms with Gasteiger partial charge < -0.3 is 14.6 Å². The van der Waals surface area contributed by atoms with Gasteiger partial charge in [0.1, 0.15) is 5.58 Å². The highest BCUT2D eigenvalue weighted by Gasteiger charge is 2.41. The van der Waals surface area contributed by atoms with Crippen LogP contribution in [0.2, 0.25) is 19.6 Å². The molecule has 5 heteroatoms. The first kappa shape index (κ1) is 47.2. The molecule has 342 valence electrons. The Morgan fingerprint density at radius 3 is 1.55 bits per heavy atom. The number of furan rings is 1. The second-order valence-corrected chi connectivity index (χ2v) is 30.5. The Labute approximate surface area is 399 Å². The molecule has 0 bridgehead atoms. The molecule has 1 aliphatic heterocycles. The van der Waals surface area contributed by atoms with Crippen LogP contribution < -0.4 is 31.8 Å². The van der Waals surface area contributed by atoms with Crippen LogP contribution in [0, 0.1) is 0 Å². The van der Waals surface area contributed by atoms with Crippen molar-refractivity contribution in [2.75, 3.05) is 10.2 Å². The Morgan fingerprint density at radius 1 is 0.470 bits per heavy atom. The molecule has 1 aromatic heterocycles. The van der Waals surface area contributed by atoms with E-state index in [1.54, 1.807) is 0 Å². The molecule has 2 heterocycles. The minimum atomic E-state index is -1.52. The van der Waals surface area contributed by atoms with Gasteiger partial charge in [-0.3, -0.25) is 0 Å². The van der Waals surface area contributed by atoms with Gasteiger partial charge in [-0.1, -0.05) is 189 Å². The first-order valence-electron chi connectivity index (χ1n) is 24.3. The SMILES string of the molecule is CC(C)(C)c1ccc(Nc2cc(-c3ccc([Si](C)(C)C)cc3)cc3c2B(c2coc4ccc(C(C)(C)C)cc24)c2cc(C(C)(C)C)ccc2N3c2cc(C(C)(C)C)cc(C(C)(C)C)c2)cc1. The zero-order chi connectivity index (χ0) is 48.1. The van der Waals surface area contributed by atoms with Gasteiger partial charge in [0.25, 0.3) is 6.71 Å². The zero-order valence-corrected chi connectivity index (χ0v) is 44.5. The lowest BCUT2D eigenvalue weighted by molar-refractivity contribution is 0.568. The largest absolute Gasteiger partial charge is 0.465 e. The van der Waals surface area contributed by atoms with E-state index in [1.165, 1.54) is 77.6 Å². The summed E-state index contributed by atoms with van der Waals surface area (Å²) in [4.78, 5) is 2.59. The van der Waals surface area contributed by atoms with E-state index in [9.17, 15) is 0 Å². The molecule has 0 aliphatic carbocycles. The Kier molecular flexibility index (Phi) is 11.6. The van der Waals surface area contributed by atoms with E-state index < -0.39 is 8.07 Å². The molecule has 0 saturated heterocycles. The van der Waals surface area contributed by atoms with Crippen molar-refractivity contribution in [1.29, 1.82) is 0 Å². The van der Waals surface area contributed by atoms with Crippen LogP contribution in [0.3, 0.4) is 0 Å². The molecule has 0 radical (unpaired) electrons. The fourth-order valence-corrected chi connectivity index (χ4v) is 10.6. The highest BCUT2D eigenvalue weighted by molar-refractivity contribution is 7.00. The molecular formula is C61H75BN2OSi. The Hall–Kier alpha value is -5.26. The molecule has 7 aromatic rings. The molecule has 1 aliphatic rings. The maximum Gasteiger partial charge on any atom is 0.254 e. The molecule has 6 aromatic carbocycles. The van der Waals surface area contributed by atoms with Gasteiger partial charge in [-0.05, 0) is 137 Å². The Bertz CT molecular complexity index is 2900. The van der Waals surface area contributed by atoms with Crippen LogP contribution in [0.4, 0.5) is 28.4 Å². The summed E-state index contributed by atoms with van der Waals surface area (Å²) >= 11 is 0. The van der Waals surface area contributed by atoms with E-state index in [4.69, 9.17) is 4.42 Å². The lowest BCUT2D eigenvalue weighted by Gasteiger charge is -2.40. The number of anilines is 5. The molecule has 0 fully saturated rings. The third kappa shape index (κ3) is 9.22. The van der Waals surface area contributed by atoms with Gasteiger partial charge in [-0.2, -0.15) is 0 Å². The van der Waals surface area contributed by atoms with Crippen LogP contribution in [0.15, 0.2) is 126 Å². The second-order valence-electron chi connectivity index (χ2n) is 25.4. The minimum absolute atomic E-state index is 0.0317. The smallest absolute Gasteiger partial charge is 0.254 e. The monoisotopic (exact) mass is 891 g/mol. The average molecular weight is 891 g/mol. The molecule has 0 amide bonds. The van der Waals surface area contributed by atoms with Gasteiger partial charge in [0.05, 0.1) is 14.3 Å². The van der Waals surface area contributed by atoms with Crippen molar-refractivity contribution in [3.63, 3.8) is 0 Å². The molecule has 3 nitrogen and oxygen atoms in total. The van der Waals surface area contributed by atoms with Crippen molar-refractivity contribution in [3.05, 3.63) is 149 Å². The molecular weight excluding hydrogens is 816 g/mol. The third-order valence-electron chi connectivity index (χ3n) is 13.9. The molecule has 1 N–H and O–H groups in total. The maximum absolute atomic E-state index is 6.62. The number of nitrogens with one attached hydrogen (secondary N) is 1. The molecule has 0 atom stereocenters.